The summed E-state index contributed by atoms with van der Waals surface area (Å²) in [5.41, 5.74) is 9.68. The molecular weight excluding hydrogens is 507 g/mol. The Hall–Kier alpha value is -3.64. The predicted octanol–water partition coefficient (Wildman–Crippen LogP) is -0.0163. The quantitative estimate of drug-likeness (QED) is 0.221. The first-order valence-corrected chi connectivity index (χ1v) is 14.0. The lowest BCUT2D eigenvalue weighted by molar-refractivity contribution is 0.660. The highest BCUT2D eigenvalue weighted by molar-refractivity contribution is 6.71. The minimum atomic E-state index is -0.250. The van der Waals surface area contributed by atoms with Crippen LogP contribution < -0.4 is 43.7 Å². The second-order valence-electron chi connectivity index (χ2n) is 11.9. The lowest BCUT2D eigenvalue weighted by Gasteiger charge is -2.29. The maximum absolute atomic E-state index is 6.87. The van der Waals surface area contributed by atoms with Crippen LogP contribution >= 0.6 is 0 Å². The zero-order valence-corrected chi connectivity index (χ0v) is 24.0. The van der Waals surface area contributed by atoms with Gasteiger partial charge in [0, 0.05) is 5.41 Å². The average Bonchev–Trinajstić information content (AvgIpc) is 3.25. The molecule has 8 heteroatoms. The fraction of sp³-hybridized carbons (Fsp3) is 0.0857. The van der Waals surface area contributed by atoms with E-state index in [9.17, 15) is 0 Å². The smallest absolute Gasteiger partial charge is 0.110 e. The molecule has 0 aliphatic heterocycles. The molecule has 0 atom stereocenters. The van der Waals surface area contributed by atoms with Crippen molar-refractivity contribution in [1.29, 1.82) is 0 Å². The van der Waals surface area contributed by atoms with Crippen molar-refractivity contribution in [3.05, 3.63) is 83.9 Å². The lowest BCUT2D eigenvalue weighted by atomic mass is 9.59. The predicted molar refractivity (Wildman–Crippen MR) is 193 cm³/mol. The van der Waals surface area contributed by atoms with Gasteiger partial charge in [-0.05, 0) is 72.1 Å². The highest BCUT2D eigenvalue weighted by Gasteiger charge is 2.35. The standard InChI is InChI=1S/C35H18B8/c1-35(2)19-11-7-6-10-17(19)18-13-12-16(14-20(18)35)22-25-23(27(36)31(40)33(42)29(25)38)21(15-8-4-3-5-9-15)24-26(22)30(39)34(43)32(41)28(24)37/h3-14H,1-2H3. The van der Waals surface area contributed by atoms with Crippen molar-refractivity contribution >= 4 is 128 Å². The third kappa shape index (κ3) is 3.75. The van der Waals surface area contributed by atoms with Crippen molar-refractivity contribution in [2.45, 2.75) is 19.3 Å². The van der Waals surface area contributed by atoms with Crippen LogP contribution in [0.25, 0.3) is 54.9 Å². The summed E-state index contributed by atoms with van der Waals surface area (Å²) in [7, 11) is 53.4. The number of hydrogen-bond donors (Lipinski definition) is 0. The van der Waals surface area contributed by atoms with Crippen LogP contribution in [0.3, 0.4) is 0 Å². The minimum absolute atomic E-state index is 0.202. The molecule has 0 spiro atoms. The Kier molecular flexibility index (Phi) is 6.34. The summed E-state index contributed by atoms with van der Waals surface area (Å²) in [6.45, 7) is 4.46. The molecule has 1 aliphatic carbocycles. The molecule has 0 fully saturated rings. The van der Waals surface area contributed by atoms with Crippen LogP contribution in [0, 0.1) is 0 Å². The molecule has 182 valence electrons. The van der Waals surface area contributed by atoms with E-state index in [0.717, 1.165) is 11.1 Å². The van der Waals surface area contributed by atoms with E-state index in [-0.39, 0.29) is 27.3 Å². The molecule has 0 saturated heterocycles. The van der Waals surface area contributed by atoms with E-state index in [4.69, 9.17) is 62.8 Å². The van der Waals surface area contributed by atoms with E-state index in [1.807, 2.05) is 30.3 Å². The zero-order valence-electron chi connectivity index (χ0n) is 24.0. The molecule has 6 aromatic rings. The first kappa shape index (κ1) is 28.1. The second kappa shape index (κ2) is 9.68. The van der Waals surface area contributed by atoms with Gasteiger partial charge in [-0.3, -0.25) is 0 Å². The summed E-state index contributed by atoms with van der Waals surface area (Å²) in [4.78, 5) is 0. The first-order valence-electron chi connectivity index (χ1n) is 14.0. The summed E-state index contributed by atoms with van der Waals surface area (Å²) in [6.07, 6.45) is 0. The van der Waals surface area contributed by atoms with Crippen LogP contribution in [0.5, 0.6) is 0 Å². The van der Waals surface area contributed by atoms with Crippen LogP contribution in [0.15, 0.2) is 72.8 Å². The lowest BCUT2D eigenvalue weighted by Crippen LogP contribution is -2.50. The van der Waals surface area contributed by atoms with Gasteiger partial charge in [0.1, 0.15) is 62.8 Å². The number of benzene rings is 6. The fourth-order valence-electron chi connectivity index (χ4n) is 6.99. The van der Waals surface area contributed by atoms with Crippen LogP contribution in [0.4, 0.5) is 0 Å². The molecule has 43 heavy (non-hydrogen) atoms. The molecule has 7 rings (SSSR count). The molecule has 6 aromatic carbocycles. The van der Waals surface area contributed by atoms with Crippen LogP contribution in [0.2, 0.25) is 0 Å². The fourth-order valence-corrected chi connectivity index (χ4v) is 6.99. The van der Waals surface area contributed by atoms with Gasteiger partial charge < -0.3 is 0 Å². The van der Waals surface area contributed by atoms with Gasteiger partial charge in [-0.1, -0.05) is 102 Å². The molecule has 0 saturated carbocycles. The third-order valence-corrected chi connectivity index (χ3v) is 9.25. The Morgan fingerprint density at radius 3 is 1.33 bits per heavy atom. The normalized spacial score (nSPS) is 13.3. The van der Waals surface area contributed by atoms with Crippen molar-refractivity contribution in [3.8, 4) is 33.4 Å². The van der Waals surface area contributed by atoms with Gasteiger partial charge in [0.25, 0.3) is 0 Å². The van der Waals surface area contributed by atoms with Crippen LogP contribution in [-0.4, -0.2) is 62.8 Å². The van der Waals surface area contributed by atoms with Crippen molar-refractivity contribution in [3.63, 3.8) is 0 Å². The molecular formula is C35H18B8. The Morgan fingerprint density at radius 2 is 0.814 bits per heavy atom. The third-order valence-electron chi connectivity index (χ3n) is 9.25. The van der Waals surface area contributed by atoms with Crippen molar-refractivity contribution < 1.29 is 0 Å². The van der Waals surface area contributed by atoms with E-state index < -0.39 is 0 Å². The molecule has 0 N–H and O–H groups in total. The molecule has 0 aromatic heterocycles. The minimum Gasteiger partial charge on any atom is -0.110 e. The summed E-state index contributed by atoms with van der Waals surface area (Å²) in [6, 6.07) is 24.6. The van der Waals surface area contributed by atoms with Gasteiger partial charge in [-0.25, -0.2) is 0 Å². The van der Waals surface area contributed by atoms with Gasteiger partial charge >= 0.3 is 0 Å². The molecule has 0 heterocycles. The maximum Gasteiger partial charge on any atom is 0.113 e. The van der Waals surface area contributed by atoms with E-state index in [0.29, 0.717) is 54.5 Å². The van der Waals surface area contributed by atoms with Crippen molar-refractivity contribution in [2.24, 2.45) is 0 Å². The maximum atomic E-state index is 6.87. The van der Waals surface area contributed by atoms with Crippen molar-refractivity contribution in [2.75, 3.05) is 0 Å². The van der Waals surface area contributed by atoms with Gasteiger partial charge in [0.15, 0.2) is 0 Å². The van der Waals surface area contributed by atoms with E-state index in [2.05, 4.69) is 56.3 Å². The molecule has 0 unspecified atom stereocenters. The van der Waals surface area contributed by atoms with Gasteiger partial charge in [-0.2, -0.15) is 0 Å². The summed E-state index contributed by atoms with van der Waals surface area (Å²) in [5.74, 6) is 0. The Bertz CT molecular complexity index is 2100. The van der Waals surface area contributed by atoms with E-state index in [1.54, 1.807) is 0 Å². The Morgan fingerprint density at radius 1 is 0.395 bits per heavy atom. The number of fused-ring (bicyclic) bond motifs is 5. The number of rotatable bonds is 2. The molecule has 0 amide bonds. The summed E-state index contributed by atoms with van der Waals surface area (Å²) >= 11 is 0. The second-order valence-corrected chi connectivity index (χ2v) is 11.9. The van der Waals surface area contributed by atoms with E-state index in [1.165, 1.54) is 22.3 Å². The van der Waals surface area contributed by atoms with Crippen molar-refractivity contribution in [1.82, 2.24) is 0 Å². The van der Waals surface area contributed by atoms with Crippen LogP contribution in [-0.2, 0) is 5.41 Å². The number of hydrogen-bond acceptors (Lipinski definition) is 0. The zero-order chi connectivity index (χ0) is 30.5. The van der Waals surface area contributed by atoms with E-state index >= 15 is 0 Å². The average molecular weight is 525 g/mol. The highest BCUT2D eigenvalue weighted by Crippen LogP contribution is 2.50. The summed E-state index contributed by atoms with van der Waals surface area (Å²) < 4.78 is 0. The SMILES string of the molecule is [B]c1c([B])c([B])c2c(-c3ccc4c(c3)C(C)(C)c3ccccc3-4)c3c([B])c([B])c([B])c([B])c3c(-c3ccccc3)c2c1[B]. The highest BCUT2D eigenvalue weighted by atomic mass is 14.4. The largest absolute Gasteiger partial charge is 0.113 e. The van der Waals surface area contributed by atoms with Gasteiger partial charge in [0.05, 0.1) is 0 Å². The first-order chi connectivity index (χ1) is 20.5. The molecule has 0 bridgehead atoms. The topological polar surface area (TPSA) is 0 Å². The molecule has 1 aliphatic rings. The monoisotopic (exact) mass is 526 g/mol. The molecule has 0 nitrogen and oxygen atoms in total. The van der Waals surface area contributed by atoms with Gasteiger partial charge in [-0.15, -0.1) is 21.9 Å². The molecule has 16 radical (unpaired) electrons. The van der Waals surface area contributed by atoms with Crippen LogP contribution in [0.1, 0.15) is 25.0 Å². The van der Waals surface area contributed by atoms with Gasteiger partial charge in [0.2, 0.25) is 0 Å². The Balaban J connectivity index is 1.75. The summed E-state index contributed by atoms with van der Waals surface area (Å²) in [5, 5.41) is 2.49. The Labute approximate surface area is 263 Å².